The van der Waals surface area contributed by atoms with E-state index >= 15 is 0 Å². The summed E-state index contributed by atoms with van der Waals surface area (Å²) in [6, 6.07) is 11.4. The number of nitrogens with one attached hydrogen (secondary N) is 1. The maximum atomic E-state index is 12.3. The Balaban J connectivity index is 1.59. The summed E-state index contributed by atoms with van der Waals surface area (Å²) in [4.78, 5) is 23.5. The molecular formula is C19H19ClN2O4. The average molecular weight is 375 g/mol. The first-order valence-corrected chi connectivity index (χ1v) is 8.66. The van der Waals surface area contributed by atoms with Gasteiger partial charge in [-0.3, -0.25) is 9.59 Å². The number of hydrogen-bond acceptors (Lipinski definition) is 4. The van der Waals surface area contributed by atoms with Crippen molar-refractivity contribution in [3.8, 4) is 5.75 Å². The van der Waals surface area contributed by atoms with Gasteiger partial charge in [-0.2, -0.15) is 0 Å². The maximum absolute atomic E-state index is 12.3. The van der Waals surface area contributed by atoms with E-state index in [0.29, 0.717) is 23.6 Å². The summed E-state index contributed by atoms with van der Waals surface area (Å²) in [5.74, 6) is -0.226. The number of primary amides is 1. The van der Waals surface area contributed by atoms with Gasteiger partial charge in [-0.25, -0.2) is 0 Å². The SMILES string of the molecule is NC(=O)c1ccc(NC(=O)c2ccc(OCC3CCCO3)cc2)cc1Cl. The van der Waals surface area contributed by atoms with Gasteiger partial charge in [0.15, 0.2) is 0 Å². The molecule has 3 rings (SSSR count). The second kappa shape index (κ2) is 8.21. The summed E-state index contributed by atoms with van der Waals surface area (Å²) in [5, 5.41) is 2.91. The molecule has 0 bridgehead atoms. The van der Waals surface area contributed by atoms with Gasteiger partial charge in [0.1, 0.15) is 12.4 Å². The molecule has 7 heteroatoms. The topological polar surface area (TPSA) is 90.7 Å². The van der Waals surface area contributed by atoms with Crippen LogP contribution in [0.15, 0.2) is 42.5 Å². The Morgan fingerprint density at radius 3 is 2.62 bits per heavy atom. The highest BCUT2D eigenvalue weighted by molar-refractivity contribution is 6.34. The van der Waals surface area contributed by atoms with Crippen molar-refractivity contribution in [2.75, 3.05) is 18.5 Å². The molecular weight excluding hydrogens is 356 g/mol. The fraction of sp³-hybridized carbons (Fsp3) is 0.263. The molecule has 0 aliphatic carbocycles. The normalized spacial score (nSPS) is 16.3. The smallest absolute Gasteiger partial charge is 0.255 e. The van der Waals surface area contributed by atoms with Crippen LogP contribution < -0.4 is 15.8 Å². The van der Waals surface area contributed by atoms with E-state index in [0.717, 1.165) is 19.4 Å². The lowest BCUT2D eigenvalue weighted by Gasteiger charge is -2.12. The first-order valence-electron chi connectivity index (χ1n) is 8.28. The molecule has 0 spiro atoms. The quantitative estimate of drug-likeness (QED) is 0.812. The fourth-order valence-corrected chi connectivity index (χ4v) is 2.94. The van der Waals surface area contributed by atoms with Crippen LogP contribution in [0.5, 0.6) is 5.75 Å². The third kappa shape index (κ3) is 4.53. The molecule has 136 valence electrons. The molecule has 2 aromatic rings. The number of amides is 2. The Morgan fingerprint density at radius 1 is 1.23 bits per heavy atom. The molecule has 1 heterocycles. The zero-order valence-corrected chi connectivity index (χ0v) is 14.8. The minimum Gasteiger partial charge on any atom is -0.491 e. The van der Waals surface area contributed by atoms with Crippen LogP contribution in [0, 0.1) is 0 Å². The number of carbonyl (C=O) groups is 2. The van der Waals surface area contributed by atoms with E-state index in [9.17, 15) is 9.59 Å². The van der Waals surface area contributed by atoms with Crippen LogP contribution >= 0.6 is 11.6 Å². The van der Waals surface area contributed by atoms with Gasteiger partial charge in [-0.1, -0.05) is 11.6 Å². The van der Waals surface area contributed by atoms with Crippen molar-refractivity contribution in [1.82, 2.24) is 0 Å². The van der Waals surface area contributed by atoms with E-state index in [2.05, 4.69) is 5.32 Å². The van der Waals surface area contributed by atoms with Crippen LogP contribution in [0.2, 0.25) is 5.02 Å². The molecule has 2 aromatic carbocycles. The predicted molar refractivity (Wildman–Crippen MR) is 98.8 cm³/mol. The zero-order valence-electron chi connectivity index (χ0n) is 14.0. The first-order chi connectivity index (χ1) is 12.5. The monoisotopic (exact) mass is 374 g/mol. The number of hydrogen-bond donors (Lipinski definition) is 2. The van der Waals surface area contributed by atoms with Gasteiger partial charge < -0.3 is 20.5 Å². The van der Waals surface area contributed by atoms with Crippen molar-refractivity contribution in [1.29, 1.82) is 0 Å². The van der Waals surface area contributed by atoms with E-state index in [1.165, 1.54) is 12.1 Å². The summed E-state index contributed by atoms with van der Waals surface area (Å²) in [7, 11) is 0. The second-order valence-electron chi connectivity index (χ2n) is 5.98. The standard InChI is InChI=1S/C19H19ClN2O4/c20-17-10-13(5-8-16(17)18(21)23)22-19(24)12-3-6-14(7-4-12)26-11-15-2-1-9-25-15/h3-8,10,15H,1-2,9,11H2,(H2,21,23)(H,22,24). The van der Waals surface area contributed by atoms with Crippen LogP contribution in [0.1, 0.15) is 33.6 Å². The lowest BCUT2D eigenvalue weighted by atomic mass is 10.1. The largest absolute Gasteiger partial charge is 0.491 e. The minimum absolute atomic E-state index is 0.145. The Morgan fingerprint density at radius 2 is 2.00 bits per heavy atom. The number of ether oxygens (including phenoxy) is 2. The number of benzene rings is 2. The van der Waals surface area contributed by atoms with Gasteiger partial charge in [0, 0.05) is 17.9 Å². The van der Waals surface area contributed by atoms with E-state index in [1.807, 2.05) is 0 Å². The van der Waals surface area contributed by atoms with Gasteiger partial charge in [0.2, 0.25) is 5.91 Å². The van der Waals surface area contributed by atoms with Crippen molar-refractivity contribution in [3.63, 3.8) is 0 Å². The summed E-state index contributed by atoms with van der Waals surface area (Å²) in [5.41, 5.74) is 6.36. The van der Waals surface area contributed by atoms with Crippen LogP contribution in [0.3, 0.4) is 0 Å². The molecule has 0 radical (unpaired) electrons. The Hall–Kier alpha value is -2.57. The molecule has 26 heavy (non-hydrogen) atoms. The molecule has 1 unspecified atom stereocenters. The van der Waals surface area contributed by atoms with Crippen molar-refractivity contribution in [2.24, 2.45) is 5.73 Å². The van der Waals surface area contributed by atoms with Crippen molar-refractivity contribution in [2.45, 2.75) is 18.9 Å². The summed E-state index contributed by atoms with van der Waals surface area (Å²) >= 11 is 5.98. The Labute approximate surface area is 156 Å². The first kappa shape index (κ1) is 18.2. The molecule has 3 N–H and O–H groups in total. The lowest BCUT2D eigenvalue weighted by molar-refractivity contribution is 0.0679. The van der Waals surface area contributed by atoms with Crippen LogP contribution in [0.4, 0.5) is 5.69 Å². The molecule has 1 fully saturated rings. The molecule has 1 saturated heterocycles. The number of carbonyl (C=O) groups excluding carboxylic acids is 2. The molecule has 2 amide bonds. The van der Waals surface area contributed by atoms with Gasteiger partial charge in [-0.05, 0) is 55.3 Å². The Kier molecular flexibility index (Phi) is 5.75. The van der Waals surface area contributed by atoms with E-state index < -0.39 is 5.91 Å². The van der Waals surface area contributed by atoms with Crippen LogP contribution in [0.25, 0.3) is 0 Å². The molecule has 1 atom stereocenters. The van der Waals surface area contributed by atoms with Crippen LogP contribution in [-0.2, 0) is 4.74 Å². The summed E-state index contributed by atoms with van der Waals surface area (Å²) in [6.07, 6.45) is 2.22. The highest BCUT2D eigenvalue weighted by Crippen LogP contribution is 2.22. The third-order valence-electron chi connectivity index (χ3n) is 4.07. The number of rotatable bonds is 6. The van der Waals surface area contributed by atoms with Gasteiger partial charge in [-0.15, -0.1) is 0 Å². The van der Waals surface area contributed by atoms with E-state index in [1.54, 1.807) is 30.3 Å². The van der Waals surface area contributed by atoms with E-state index in [4.69, 9.17) is 26.8 Å². The van der Waals surface area contributed by atoms with Crippen molar-refractivity contribution >= 4 is 29.1 Å². The number of nitrogens with two attached hydrogens (primary N) is 1. The molecule has 1 aliphatic rings. The van der Waals surface area contributed by atoms with E-state index in [-0.39, 0.29) is 22.6 Å². The van der Waals surface area contributed by atoms with Gasteiger partial charge in [0.25, 0.3) is 5.91 Å². The van der Waals surface area contributed by atoms with Crippen molar-refractivity contribution in [3.05, 3.63) is 58.6 Å². The highest BCUT2D eigenvalue weighted by atomic mass is 35.5. The average Bonchev–Trinajstić information content (AvgIpc) is 3.13. The van der Waals surface area contributed by atoms with Crippen LogP contribution in [-0.4, -0.2) is 31.1 Å². The van der Waals surface area contributed by atoms with Gasteiger partial charge in [0.05, 0.1) is 16.7 Å². The fourth-order valence-electron chi connectivity index (χ4n) is 2.66. The Bertz CT molecular complexity index is 802. The molecule has 0 saturated carbocycles. The van der Waals surface area contributed by atoms with Gasteiger partial charge >= 0.3 is 0 Å². The maximum Gasteiger partial charge on any atom is 0.255 e. The third-order valence-corrected chi connectivity index (χ3v) is 4.38. The molecule has 0 aromatic heterocycles. The minimum atomic E-state index is -0.619. The number of halogens is 1. The summed E-state index contributed by atoms with van der Waals surface area (Å²) in [6.45, 7) is 1.30. The summed E-state index contributed by atoms with van der Waals surface area (Å²) < 4.78 is 11.2. The number of anilines is 1. The lowest BCUT2D eigenvalue weighted by Crippen LogP contribution is -2.16. The highest BCUT2D eigenvalue weighted by Gasteiger charge is 2.16. The molecule has 6 nitrogen and oxygen atoms in total. The van der Waals surface area contributed by atoms with Crippen molar-refractivity contribution < 1.29 is 19.1 Å². The molecule has 1 aliphatic heterocycles. The second-order valence-corrected chi connectivity index (χ2v) is 6.39. The predicted octanol–water partition coefficient (Wildman–Crippen LogP) is 3.25. The zero-order chi connectivity index (χ0) is 18.5.